The molecule has 0 radical (unpaired) electrons. The first-order chi connectivity index (χ1) is 13.1. The molecule has 0 saturated carbocycles. The molecule has 27 heavy (non-hydrogen) atoms. The van der Waals surface area contributed by atoms with Crippen LogP contribution in [0, 0.1) is 6.92 Å². The number of carbonyl (C=O) groups is 1. The average molecular weight is 383 g/mol. The van der Waals surface area contributed by atoms with Crippen LogP contribution in [0.4, 0.5) is 0 Å². The van der Waals surface area contributed by atoms with Gasteiger partial charge in [0.05, 0.1) is 5.69 Å². The van der Waals surface area contributed by atoms with Crippen molar-refractivity contribution >= 4 is 17.3 Å². The number of nitrogens with zero attached hydrogens (tertiary/aromatic N) is 1. The number of thiazole rings is 1. The Bertz CT molecular complexity index is 918. The molecular formula is C21H21NO4S. The first kappa shape index (κ1) is 18.9. The molecule has 140 valence electrons. The van der Waals surface area contributed by atoms with E-state index < -0.39 is 5.97 Å². The van der Waals surface area contributed by atoms with E-state index in [1.165, 1.54) is 16.9 Å². The summed E-state index contributed by atoms with van der Waals surface area (Å²) < 4.78 is 11.4. The summed E-state index contributed by atoms with van der Waals surface area (Å²) in [5, 5.41) is 9.98. The predicted octanol–water partition coefficient (Wildman–Crippen LogP) is 4.84. The molecule has 1 N–H and O–H groups in total. The molecule has 6 heteroatoms. The maximum Gasteiger partial charge on any atom is 0.347 e. The second kappa shape index (κ2) is 8.68. The summed E-state index contributed by atoms with van der Waals surface area (Å²) >= 11 is 1.19. The van der Waals surface area contributed by atoms with Crippen molar-refractivity contribution in [1.82, 2.24) is 4.98 Å². The molecule has 3 rings (SSSR count). The second-order valence-electron chi connectivity index (χ2n) is 5.99. The highest BCUT2D eigenvalue weighted by atomic mass is 32.1. The van der Waals surface area contributed by atoms with Gasteiger partial charge in [0.25, 0.3) is 0 Å². The highest BCUT2D eigenvalue weighted by Gasteiger charge is 2.17. The molecular weight excluding hydrogens is 362 g/mol. The molecule has 0 unspecified atom stereocenters. The lowest BCUT2D eigenvalue weighted by Gasteiger charge is -2.09. The maximum absolute atomic E-state index is 11.3. The highest BCUT2D eigenvalue weighted by molar-refractivity contribution is 7.17. The Labute approximate surface area is 162 Å². The normalized spacial score (nSPS) is 10.6. The average Bonchev–Trinajstić information content (AvgIpc) is 3.12. The smallest absolute Gasteiger partial charge is 0.347 e. The van der Waals surface area contributed by atoms with Gasteiger partial charge in [-0.05, 0) is 37.6 Å². The molecule has 0 atom stereocenters. The van der Waals surface area contributed by atoms with Crippen molar-refractivity contribution in [3.63, 3.8) is 0 Å². The number of aryl methyl sites for hydroxylation is 2. The quantitative estimate of drug-likeness (QED) is 0.564. The van der Waals surface area contributed by atoms with Gasteiger partial charge in [-0.25, -0.2) is 9.78 Å². The Morgan fingerprint density at radius 2 is 1.78 bits per heavy atom. The molecule has 0 aliphatic rings. The molecule has 1 aromatic heterocycles. The van der Waals surface area contributed by atoms with Gasteiger partial charge in [0.15, 0.2) is 0 Å². The van der Waals surface area contributed by atoms with Gasteiger partial charge in [0.2, 0.25) is 0 Å². The van der Waals surface area contributed by atoms with Crippen LogP contribution < -0.4 is 9.47 Å². The van der Waals surface area contributed by atoms with E-state index in [0.717, 1.165) is 11.3 Å². The Hall–Kier alpha value is -2.86. The number of carboxylic acids is 1. The van der Waals surface area contributed by atoms with E-state index in [9.17, 15) is 9.90 Å². The van der Waals surface area contributed by atoms with Crippen LogP contribution in [0.5, 0.6) is 11.5 Å². The monoisotopic (exact) mass is 383 g/mol. The van der Waals surface area contributed by atoms with E-state index in [0.29, 0.717) is 41.0 Å². The maximum atomic E-state index is 11.3. The van der Waals surface area contributed by atoms with Gasteiger partial charge in [0.1, 0.15) is 34.6 Å². The topological polar surface area (TPSA) is 68.7 Å². The SMILES string of the molecule is CCc1nc(-c2cccc(OCCOc3ccc(C)cc3)c2)sc1C(=O)O. The van der Waals surface area contributed by atoms with Crippen LogP contribution in [0.2, 0.25) is 0 Å². The number of benzene rings is 2. The lowest BCUT2D eigenvalue weighted by Crippen LogP contribution is -2.08. The largest absolute Gasteiger partial charge is 0.490 e. The van der Waals surface area contributed by atoms with Crippen LogP contribution in [-0.2, 0) is 6.42 Å². The van der Waals surface area contributed by atoms with Crippen molar-refractivity contribution in [2.24, 2.45) is 0 Å². The molecule has 0 aliphatic carbocycles. The summed E-state index contributed by atoms with van der Waals surface area (Å²) in [6.07, 6.45) is 0.588. The molecule has 2 aromatic carbocycles. The number of aromatic nitrogens is 1. The van der Waals surface area contributed by atoms with E-state index in [4.69, 9.17) is 9.47 Å². The molecule has 5 nitrogen and oxygen atoms in total. The Morgan fingerprint density at radius 1 is 1.07 bits per heavy atom. The number of carboxylic acid groups (broad SMARTS) is 1. The fourth-order valence-corrected chi connectivity index (χ4v) is 3.54. The van der Waals surface area contributed by atoms with E-state index in [1.54, 1.807) is 0 Å². The summed E-state index contributed by atoms with van der Waals surface area (Å²) in [6, 6.07) is 15.4. The standard InChI is InChI=1S/C21H21NO4S/c1-3-18-19(21(23)24)27-20(22-18)15-5-4-6-17(13-15)26-12-11-25-16-9-7-14(2)8-10-16/h4-10,13H,3,11-12H2,1-2H3,(H,23,24). The summed E-state index contributed by atoms with van der Waals surface area (Å²) in [4.78, 5) is 16.1. The minimum absolute atomic E-state index is 0.297. The van der Waals surface area contributed by atoms with E-state index in [1.807, 2.05) is 62.4 Å². The third kappa shape index (κ3) is 4.86. The fraction of sp³-hybridized carbons (Fsp3) is 0.238. The third-order valence-electron chi connectivity index (χ3n) is 3.95. The van der Waals surface area contributed by atoms with E-state index in [2.05, 4.69) is 4.98 Å². The zero-order valence-corrected chi connectivity index (χ0v) is 16.1. The minimum Gasteiger partial charge on any atom is -0.490 e. The minimum atomic E-state index is -0.934. The molecule has 0 spiro atoms. The van der Waals surface area contributed by atoms with Crippen LogP contribution in [0.1, 0.15) is 27.9 Å². The second-order valence-corrected chi connectivity index (χ2v) is 6.99. The lowest BCUT2D eigenvalue weighted by atomic mass is 10.2. The fourth-order valence-electron chi connectivity index (χ4n) is 2.55. The summed E-state index contributed by atoms with van der Waals surface area (Å²) in [5.41, 5.74) is 2.65. The predicted molar refractivity (Wildman–Crippen MR) is 106 cm³/mol. The molecule has 0 saturated heterocycles. The summed E-state index contributed by atoms with van der Waals surface area (Å²) in [5.74, 6) is 0.579. The first-order valence-electron chi connectivity index (χ1n) is 8.72. The van der Waals surface area contributed by atoms with Crippen LogP contribution in [0.15, 0.2) is 48.5 Å². The van der Waals surface area contributed by atoms with Gasteiger partial charge in [-0.15, -0.1) is 11.3 Å². The van der Waals surface area contributed by atoms with Gasteiger partial charge in [-0.2, -0.15) is 0 Å². The highest BCUT2D eigenvalue weighted by Crippen LogP contribution is 2.30. The van der Waals surface area contributed by atoms with Crippen molar-refractivity contribution < 1.29 is 19.4 Å². The van der Waals surface area contributed by atoms with E-state index in [-0.39, 0.29) is 0 Å². The first-order valence-corrected chi connectivity index (χ1v) is 9.54. The molecule has 1 heterocycles. The Kier molecular flexibility index (Phi) is 6.08. The van der Waals surface area contributed by atoms with Crippen LogP contribution in [0.3, 0.4) is 0 Å². The zero-order chi connectivity index (χ0) is 19.2. The van der Waals surface area contributed by atoms with Crippen molar-refractivity contribution in [1.29, 1.82) is 0 Å². The van der Waals surface area contributed by atoms with Crippen molar-refractivity contribution in [2.75, 3.05) is 13.2 Å². The zero-order valence-electron chi connectivity index (χ0n) is 15.3. The van der Waals surface area contributed by atoms with Gasteiger partial charge >= 0.3 is 5.97 Å². The van der Waals surface area contributed by atoms with Crippen molar-refractivity contribution in [3.8, 4) is 22.1 Å². The Balaban J connectivity index is 1.62. The van der Waals surface area contributed by atoms with Gasteiger partial charge in [-0.3, -0.25) is 0 Å². The number of rotatable bonds is 8. The molecule has 0 amide bonds. The lowest BCUT2D eigenvalue weighted by molar-refractivity contribution is 0.0701. The summed E-state index contributed by atoms with van der Waals surface area (Å²) in [7, 11) is 0. The summed E-state index contributed by atoms with van der Waals surface area (Å²) in [6.45, 7) is 4.79. The molecule has 0 fully saturated rings. The van der Waals surface area contributed by atoms with Crippen molar-refractivity contribution in [3.05, 3.63) is 64.7 Å². The molecule has 3 aromatic rings. The third-order valence-corrected chi connectivity index (χ3v) is 5.08. The molecule has 0 bridgehead atoms. The number of aromatic carboxylic acids is 1. The van der Waals surface area contributed by atoms with Gasteiger partial charge < -0.3 is 14.6 Å². The van der Waals surface area contributed by atoms with Crippen LogP contribution in [-0.4, -0.2) is 29.3 Å². The van der Waals surface area contributed by atoms with Gasteiger partial charge in [-0.1, -0.05) is 36.8 Å². The van der Waals surface area contributed by atoms with Gasteiger partial charge in [0, 0.05) is 5.56 Å². The van der Waals surface area contributed by atoms with E-state index >= 15 is 0 Å². The van der Waals surface area contributed by atoms with Crippen molar-refractivity contribution in [2.45, 2.75) is 20.3 Å². The number of hydrogen-bond donors (Lipinski definition) is 1. The van der Waals surface area contributed by atoms with Crippen LogP contribution in [0.25, 0.3) is 10.6 Å². The number of hydrogen-bond acceptors (Lipinski definition) is 5. The Morgan fingerprint density at radius 3 is 2.41 bits per heavy atom. The van der Waals surface area contributed by atoms with Crippen LogP contribution >= 0.6 is 11.3 Å². The molecule has 0 aliphatic heterocycles. The number of ether oxygens (including phenoxy) is 2.